The smallest absolute Gasteiger partial charge is 0.318 e. The first-order valence-corrected chi connectivity index (χ1v) is 9.49. The van der Waals surface area contributed by atoms with E-state index in [2.05, 4.69) is 5.32 Å². The Hall–Kier alpha value is -1.76. The normalized spacial score (nSPS) is 12.8. The number of benzene rings is 1. The molecule has 0 saturated carbocycles. The van der Waals surface area contributed by atoms with Gasteiger partial charge in [0.05, 0.1) is 6.26 Å². The van der Waals surface area contributed by atoms with Crippen molar-refractivity contribution in [3.05, 3.63) is 29.8 Å². The second-order valence-electron chi connectivity index (χ2n) is 5.92. The number of hydrogen-bond donors (Lipinski definition) is 1. The van der Waals surface area contributed by atoms with Crippen LogP contribution in [-0.2, 0) is 16.7 Å². The van der Waals surface area contributed by atoms with E-state index in [-0.39, 0.29) is 23.9 Å². The topological polar surface area (TPSA) is 75.7 Å². The van der Waals surface area contributed by atoms with Gasteiger partial charge in [-0.15, -0.1) is 0 Å². The van der Waals surface area contributed by atoms with Crippen molar-refractivity contribution in [3.63, 3.8) is 0 Å². The zero-order valence-corrected chi connectivity index (χ0v) is 15.2. The monoisotopic (exact) mass is 342 g/mol. The van der Waals surface area contributed by atoms with E-state index in [1.54, 1.807) is 29.2 Å². The van der Waals surface area contributed by atoms with Crippen LogP contribution in [0.5, 0.6) is 5.75 Å². The van der Waals surface area contributed by atoms with Crippen molar-refractivity contribution in [1.82, 2.24) is 10.2 Å². The van der Waals surface area contributed by atoms with Gasteiger partial charge in [0.1, 0.15) is 5.75 Å². The maximum atomic E-state index is 12.3. The summed E-state index contributed by atoms with van der Waals surface area (Å²) in [5, 5.41) is 2.90. The Labute approximate surface area is 138 Å². The summed E-state index contributed by atoms with van der Waals surface area (Å²) in [4.78, 5) is 14.1. The lowest BCUT2D eigenvalue weighted by Gasteiger charge is -2.29. The Balaban J connectivity index is 2.85. The van der Waals surface area contributed by atoms with Gasteiger partial charge in [-0.05, 0) is 44.9 Å². The van der Waals surface area contributed by atoms with Crippen LogP contribution in [0.4, 0.5) is 4.79 Å². The fraction of sp³-hybridized carbons (Fsp3) is 0.562. The number of nitrogens with zero attached hydrogens (tertiary/aromatic N) is 1. The van der Waals surface area contributed by atoms with E-state index in [1.807, 2.05) is 27.7 Å². The third kappa shape index (κ3) is 6.90. The molecule has 0 fully saturated rings. The van der Waals surface area contributed by atoms with Crippen molar-refractivity contribution in [2.75, 3.05) is 6.26 Å². The first kappa shape index (κ1) is 19.3. The largest absolute Gasteiger partial charge is 0.383 e. The van der Waals surface area contributed by atoms with Gasteiger partial charge in [-0.25, -0.2) is 4.79 Å². The predicted molar refractivity (Wildman–Crippen MR) is 90.9 cm³/mol. The molecule has 6 nitrogen and oxygen atoms in total. The van der Waals surface area contributed by atoms with E-state index in [4.69, 9.17) is 4.18 Å². The fourth-order valence-electron chi connectivity index (χ4n) is 2.00. The summed E-state index contributed by atoms with van der Waals surface area (Å²) >= 11 is 0. The number of carbonyl (C=O) groups excluding carboxylic acids is 1. The van der Waals surface area contributed by atoms with E-state index in [9.17, 15) is 13.2 Å². The van der Waals surface area contributed by atoms with E-state index >= 15 is 0 Å². The van der Waals surface area contributed by atoms with Gasteiger partial charge in [-0.1, -0.05) is 19.1 Å². The molecule has 1 rings (SSSR count). The van der Waals surface area contributed by atoms with Crippen molar-refractivity contribution >= 4 is 16.1 Å². The van der Waals surface area contributed by atoms with Gasteiger partial charge >= 0.3 is 16.1 Å². The first-order chi connectivity index (χ1) is 10.6. The van der Waals surface area contributed by atoms with Crippen molar-refractivity contribution in [3.8, 4) is 5.75 Å². The lowest BCUT2D eigenvalue weighted by molar-refractivity contribution is 0.171. The van der Waals surface area contributed by atoms with Gasteiger partial charge in [0.25, 0.3) is 0 Å². The predicted octanol–water partition coefficient (Wildman–Crippen LogP) is 2.74. The third-order valence-corrected chi connectivity index (χ3v) is 3.81. The lowest BCUT2D eigenvalue weighted by Crippen LogP contribution is -2.46. The molecule has 0 unspecified atom stereocenters. The molecule has 1 aromatic rings. The zero-order chi connectivity index (χ0) is 17.6. The summed E-state index contributed by atoms with van der Waals surface area (Å²) in [6.45, 7) is 8.32. The summed E-state index contributed by atoms with van der Waals surface area (Å²) in [7, 11) is -3.53. The van der Waals surface area contributed by atoms with Crippen molar-refractivity contribution < 1.29 is 17.4 Å². The van der Waals surface area contributed by atoms with Gasteiger partial charge < -0.3 is 14.4 Å². The van der Waals surface area contributed by atoms with Gasteiger partial charge in [0, 0.05) is 18.6 Å². The number of carbonyl (C=O) groups is 1. The number of nitrogens with one attached hydrogen (secondary N) is 1. The van der Waals surface area contributed by atoms with Crippen molar-refractivity contribution in [2.45, 2.75) is 52.7 Å². The SMILES string of the molecule is CC[C@H](C)N(Cc1ccc(OS(C)(=O)=O)cc1)C(=O)NC(C)C. The Morgan fingerprint density at radius 1 is 1.22 bits per heavy atom. The maximum absolute atomic E-state index is 12.3. The van der Waals surface area contributed by atoms with E-state index in [0.717, 1.165) is 18.2 Å². The molecule has 0 heterocycles. The van der Waals surface area contributed by atoms with Crippen LogP contribution in [0.15, 0.2) is 24.3 Å². The fourth-order valence-corrected chi connectivity index (χ4v) is 2.46. The number of urea groups is 1. The summed E-state index contributed by atoms with van der Waals surface area (Å²) in [6, 6.07) is 6.76. The standard InChI is InChI=1S/C16H26N2O4S/c1-6-13(4)18(16(19)17-12(2)3)11-14-7-9-15(10-8-14)22-23(5,20)21/h7-10,12-13H,6,11H2,1-5H3,(H,17,19)/t13-/m0/s1. The summed E-state index contributed by atoms with van der Waals surface area (Å²) < 4.78 is 27.0. The average molecular weight is 342 g/mol. The van der Waals surface area contributed by atoms with E-state index in [0.29, 0.717) is 6.54 Å². The highest BCUT2D eigenvalue weighted by Crippen LogP contribution is 2.17. The molecule has 130 valence electrons. The molecule has 1 aromatic carbocycles. The summed E-state index contributed by atoms with van der Waals surface area (Å²) in [5.41, 5.74) is 0.907. The Morgan fingerprint density at radius 2 is 1.78 bits per heavy atom. The minimum Gasteiger partial charge on any atom is -0.383 e. The van der Waals surface area contributed by atoms with Crippen LogP contribution in [0.25, 0.3) is 0 Å². The third-order valence-electron chi connectivity index (χ3n) is 3.32. The van der Waals surface area contributed by atoms with Gasteiger partial charge in [-0.3, -0.25) is 0 Å². The highest BCUT2D eigenvalue weighted by Gasteiger charge is 2.19. The lowest BCUT2D eigenvalue weighted by atomic mass is 10.1. The molecule has 23 heavy (non-hydrogen) atoms. The van der Waals surface area contributed by atoms with Gasteiger partial charge in [0.15, 0.2) is 0 Å². The molecule has 0 radical (unpaired) electrons. The average Bonchev–Trinajstić information content (AvgIpc) is 2.43. The van der Waals surface area contributed by atoms with Gasteiger partial charge in [0.2, 0.25) is 0 Å². The van der Waals surface area contributed by atoms with Crippen LogP contribution in [0.2, 0.25) is 0 Å². The van der Waals surface area contributed by atoms with Crippen molar-refractivity contribution in [2.24, 2.45) is 0 Å². The molecule has 1 N–H and O–H groups in total. The molecule has 0 saturated heterocycles. The van der Waals surface area contributed by atoms with E-state index in [1.165, 1.54) is 0 Å². The molecule has 0 aliphatic rings. The molecule has 0 bridgehead atoms. The summed E-state index contributed by atoms with van der Waals surface area (Å²) in [6.07, 6.45) is 1.85. The first-order valence-electron chi connectivity index (χ1n) is 7.68. The number of rotatable bonds is 7. The Bertz CT molecular complexity index is 611. The highest BCUT2D eigenvalue weighted by atomic mass is 32.2. The molecular formula is C16H26N2O4S. The highest BCUT2D eigenvalue weighted by molar-refractivity contribution is 7.86. The van der Waals surface area contributed by atoms with Crippen LogP contribution < -0.4 is 9.50 Å². The van der Waals surface area contributed by atoms with Crippen LogP contribution in [-0.4, -0.2) is 37.7 Å². The minimum atomic E-state index is -3.53. The molecule has 0 spiro atoms. The quantitative estimate of drug-likeness (QED) is 0.773. The Kier molecular flexibility index (Phi) is 6.87. The van der Waals surface area contributed by atoms with Crippen LogP contribution in [0, 0.1) is 0 Å². The maximum Gasteiger partial charge on any atom is 0.318 e. The summed E-state index contributed by atoms with van der Waals surface area (Å²) in [5.74, 6) is 0.262. The van der Waals surface area contributed by atoms with Gasteiger partial charge in [-0.2, -0.15) is 8.42 Å². The molecule has 0 aliphatic heterocycles. The van der Waals surface area contributed by atoms with Crippen LogP contribution in [0.3, 0.4) is 0 Å². The van der Waals surface area contributed by atoms with Crippen LogP contribution in [0.1, 0.15) is 39.7 Å². The molecule has 0 aromatic heterocycles. The second-order valence-corrected chi connectivity index (χ2v) is 7.50. The molecular weight excluding hydrogens is 316 g/mol. The van der Waals surface area contributed by atoms with E-state index < -0.39 is 10.1 Å². The number of amides is 2. The molecule has 0 aliphatic carbocycles. The Morgan fingerprint density at radius 3 is 2.22 bits per heavy atom. The second kappa shape index (κ2) is 8.19. The zero-order valence-electron chi connectivity index (χ0n) is 14.4. The van der Waals surface area contributed by atoms with Crippen molar-refractivity contribution in [1.29, 1.82) is 0 Å². The molecule has 7 heteroatoms. The van der Waals surface area contributed by atoms with Crippen LogP contribution >= 0.6 is 0 Å². The number of hydrogen-bond acceptors (Lipinski definition) is 4. The molecule has 1 atom stereocenters. The molecule has 2 amide bonds. The minimum absolute atomic E-state index is 0.0691.